The fraction of sp³-hybridized carbons (Fsp3) is 0.0500. The number of hydrogen-bond acceptors (Lipinski definition) is 2. The lowest BCUT2D eigenvalue weighted by molar-refractivity contribution is -0.115. The second-order valence-electron chi connectivity index (χ2n) is 5.73. The third-order valence-electron chi connectivity index (χ3n) is 3.79. The number of halogens is 4. The number of rotatable bonds is 5. The van der Waals surface area contributed by atoms with Gasteiger partial charge in [0.2, 0.25) is 5.91 Å². The molecule has 0 bridgehead atoms. The molecule has 1 amide bonds. The molecule has 0 aliphatic rings. The summed E-state index contributed by atoms with van der Waals surface area (Å²) in [7, 11) is 0. The molecule has 2 N–H and O–H groups in total. The molecule has 7 heteroatoms. The Morgan fingerprint density at radius 1 is 0.778 bits per heavy atom. The van der Waals surface area contributed by atoms with Crippen LogP contribution in [0.3, 0.4) is 0 Å². The van der Waals surface area contributed by atoms with Crippen molar-refractivity contribution in [3.05, 3.63) is 86.3 Å². The summed E-state index contributed by atoms with van der Waals surface area (Å²) in [5.41, 5.74) is 2.72. The van der Waals surface area contributed by atoms with Crippen LogP contribution in [0.25, 0.3) is 0 Å². The van der Waals surface area contributed by atoms with Crippen LogP contribution in [-0.2, 0) is 11.2 Å². The van der Waals surface area contributed by atoms with E-state index >= 15 is 0 Å². The average molecular weight is 440 g/mol. The number of nitrogens with one attached hydrogen (secondary N) is 2. The van der Waals surface area contributed by atoms with Gasteiger partial charge in [-0.3, -0.25) is 4.79 Å². The molecule has 0 fully saturated rings. The molecule has 0 heterocycles. The van der Waals surface area contributed by atoms with Crippen LogP contribution >= 0.6 is 46.4 Å². The van der Waals surface area contributed by atoms with E-state index in [1.165, 1.54) is 0 Å². The number of amides is 1. The van der Waals surface area contributed by atoms with Gasteiger partial charge in [-0.05, 0) is 42.0 Å². The van der Waals surface area contributed by atoms with Crippen LogP contribution in [0, 0.1) is 0 Å². The van der Waals surface area contributed by atoms with Crippen molar-refractivity contribution in [1.82, 2.24) is 0 Å². The van der Waals surface area contributed by atoms with Crippen molar-refractivity contribution in [3.63, 3.8) is 0 Å². The molecule has 0 aliphatic carbocycles. The molecule has 0 aliphatic heterocycles. The smallest absolute Gasteiger partial charge is 0.228 e. The minimum atomic E-state index is -0.187. The molecule has 3 aromatic carbocycles. The molecule has 3 rings (SSSR count). The third kappa shape index (κ3) is 5.08. The van der Waals surface area contributed by atoms with Gasteiger partial charge in [0.15, 0.2) is 0 Å². The molecule has 0 atom stereocenters. The fourth-order valence-corrected chi connectivity index (χ4v) is 3.29. The first-order valence-electron chi connectivity index (χ1n) is 7.98. The highest BCUT2D eigenvalue weighted by atomic mass is 35.5. The minimum absolute atomic E-state index is 0.158. The SMILES string of the molecule is O=C(Cc1ccccc1Nc1c(Cl)cccc1Cl)Nc1ccc(Cl)c(Cl)c1. The highest BCUT2D eigenvalue weighted by molar-refractivity contribution is 6.42. The number of benzene rings is 3. The van der Waals surface area contributed by atoms with Crippen molar-refractivity contribution in [2.75, 3.05) is 10.6 Å². The Labute approximate surface area is 177 Å². The van der Waals surface area contributed by atoms with E-state index in [-0.39, 0.29) is 12.3 Å². The molecule has 0 saturated carbocycles. The highest BCUT2D eigenvalue weighted by Crippen LogP contribution is 2.33. The van der Waals surface area contributed by atoms with Crippen molar-refractivity contribution >= 4 is 69.4 Å². The van der Waals surface area contributed by atoms with Crippen LogP contribution in [0.2, 0.25) is 20.1 Å². The van der Waals surface area contributed by atoms with E-state index in [1.54, 1.807) is 36.4 Å². The summed E-state index contributed by atoms with van der Waals surface area (Å²) in [6, 6.07) is 17.7. The second-order valence-corrected chi connectivity index (χ2v) is 7.36. The standard InChI is InChI=1S/C20H14Cl4N2O/c21-14-9-8-13(11-17(14)24)25-19(27)10-12-4-1-2-7-18(12)26-20-15(22)5-3-6-16(20)23/h1-9,11,26H,10H2,(H,25,27). The van der Waals surface area contributed by atoms with Gasteiger partial charge in [-0.2, -0.15) is 0 Å². The molecule has 3 aromatic rings. The van der Waals surface area contributed by atoms with Gasteiger partial charge >= 0.3 is 0 Å². The Balaban J connectivity index is 1.77. The lowest BCUT2D eigenvalue weighted by atomic mass is 10.1. The lowest BCUT2D eigenvalue weighted by Gasteiger charge is -2.14. The van der Waals surface area contributed by atoms with Crippen LogP contribution in [-0.4, -0.2) is 5.91 Å². The molecular weight excluding hydrogens is 426 g/mol. The van der Waals surface area contributed by atoms with Crippen molar-refractivity contribution < 1.29 is 4.79 Å². The van der Waals surface area contributed by atoms with Gasteiger partial charge in [0.05, 0.1) is 32.2 Å². The Kier molecular flexibility index (Phi) is 6.51. The zero-order chi connectivity index (χ0) is 19.4. The molecule has 0 aromatic heterocycles. The molecule has 0 saturated heterocycles. The first kappa shape index (κ1) is 19.8. The number of para-hydroxylation sites is 2. The maximum Gasteiger partial charge on any atom is 0.228 e. The Hall–Kier alpha value is -1.91. The zero-order valence-electron chi connectivity index (χ0n) is 13.9. The maximum absolute atomic E-state index is 12.4. The summed E-state index contributed by atoms with van der Waals surface area (Å²) in [4.78, 5) is 12.4. The van der Waals surface area contributed by atoms with Crippen LogP contribution < -0.4 is 10.6 Å². The molecule has 0 spiro atoms. The van der Waals surface area contributed by atoms with Gasteiger partial charge in [0.1, 0.15) is 0 Å². The van der Waals surface area contributed by atoms with E-state index in [9.17, 15) is 4.79 Å². The summed E-state index contributed by atoms with van der Waals surface area (Å²) < 4.78 is 0. The summed E-state index contributed by atoms with van der Waals surface area (Å²) in [6.07, 6.45) is 0.158. The van der Waals surface area contributed by atoms with Gasteiger partial charge < -0.3 is 10.6 Å². The predicted octanol–water partition coefficient (Wildman–Crippen LogP) is 7.23. The van der Waals surface area contributed by atoms with Crippen molar-refractivity contribution in [1.29, 1.82) is 0 Å². The van der Waals surface area contributed by atoms with Gasteiger partial charge in [0, 0.05) is 11.4 Å². The zero-order valence-corrected chi connectivity index (χ0v) is 16.9. The van der Waals surface area contributed by atoms with E-state index in [0.29, 0.717) is 31.5 Å². The first-order chi connectivity index (χ1) is 12.9. The predicted molar refractivity (Wildman–Crippen MR) is 115 cm³/mol. The average Bonchev–Trinajstić information content (AvgIpc) is 2.63. The van der Waals surface area contributed by atoms with Crippen LogP contribution in [0.15, 0.2) is 60.7 Å². The van der Waals surface area contributed by atoms with Crippen LogP contribution in [0.5, 0.6) is 0 Å². The number of carbonyl (C=O) groups is 1. The van der Waals surface area contributed by atoms with Crippen LogP contribution in [0.1, 0.15) is 5.56 Å². The maximum atomic E-state index is 12.4. The van der Waals surface area contributed by atoms with E-state index < -0.39 is 0 Å². The quantitative estimate of drug-likeness (QED) is 0.440. The third-order valence-corrected chi connectivity index (χ3v) is 5.16. The number of carbonyl (C=O) groups excluding carboxylic acids is 1. The summed E-state index contributed by atoms with van der Waals surface area (Å²) >= 11 is 24.3. The van der Waals surface area contributed by atoms with Gasteiger partial charge in [-0.1, -0.05) is 70.7 Å². The molecular formula is C20H14Cl4N2O. The van der Waals surface area contributed by atoms with E-state index in [2.05, 4.69) is 10.6 Å². The number of hydrogen-bond donors (Lipinski definition) is 2. The van der Waals surface area contributed by atoms with Crippen LogP contribution in [0.4, 0.5) is 17.1 Å². The number of anilines is 3. The van der Waals surface area contributed by atoms with E-state index in [4.69, 9.17) is 46.4 Å². The molecule has 3 nitrogen and oxygen atoms in total. The summed E-state index contributed by atoms with van der Waals surface area (Å²) in [5, 5.41) is 7.83. The van der Waals surface area contributed by atoms with Gasteiger partial charge in [0.25, 0.3) is 0 Å². The van der Waals surface area contributed by atoms with Gasteiger partial charge in [-0.25, -0.2) is 0 Å². The molecule has 138 valence electrons. The highest BCUT2D eigenvalue weighted by Gasteiger charge is 2.12. The molecule has 0 unspecified atom stereocenters. The Morgan fingerprint density at radius 3 is 2.19 bits per heavy atom. The minimum Gasteiger partial charge on any atom is -0.353 e. The lowest BCUT2D eigenvalue weighted by Crippen LogP contribution is -2.15. The van der Waals surface area contributed by atoms with E-state index in [0.717, 1.165) is 11.3 Å². The van der Waals surface area contributed by atoms with Gasteiger partial charge in [-0.15, -0.1) is 0 Å². The summed E-state index contributed by atoms with van der Waals surface area (Å²) in [5.74, 6) is -0.187. The summed E-state index contributed by atoms with van der Waals surface area (Å²) in [6.45, 7) is 0. The second kappa shape index (κ2) is 8.85. The molecule has 27 heavy (non-hydrogen) atoms. The fourth-order valence-electron chi connectivity index (χ4n) is 2.50. The van der Waals surface area contributed by atoms with Crippen molar-refractivity contribution in [2.24, 2.45) is 0 Å². The van der Waals surface area contributed by atoms with E-state index in [1.807, 2.05) is 24.3 Å². The first-order valence-corrected chi connectivity index (χ1v) is 9.49. The largest absolute Gasteiger partial charge is 0.353 e. The van der Waals surface area contributed by atoms with Crippen molar-refractivity contribution in [2.45, 2.75) is 6.42 Å². The monoisotopic (exact) mass is 438 g/mol. The van der Waals surface area contributed by atoms with Crippen molar-refractivity contribution in [3.8, 4) is 0 Å². The Bertz CT molecular complexity index is 971. The normalized spacial score (nSPS) is 10.5. The Morgan fingerprint density at radius 2 is 1.48 bits per heavy atom. The topological polar surface area (TPSA) is 41.1 Å². The molecule has 0 radical (unpaired) electrons.